The van der Waals surface area contributed by atoms with Crippen molar-refractivity contribution in [2.75, 3.05) is 0 Å². The molecule has 0 bridgehead atoms. The zero-order valence-corrected chi connectivity index (χ0v) is 12.1. The van der Waals surface area contributed by atoms with Gasteiger partial charge in [0.1, 0.15) is 12.4 Å². The summed E-state index contributed by atoms with van der Waals surface area (Å²) in [5.74, 6) is 0.819. The Bertz CT molecular complexity index is 543. The van der Waals surface area contributed by atoms with Crippen LogP contribution in [-0.4, -0.2) is 9.97 Å². The summed E-state index contributed by atoms with van der Waals surface area (Å²) in [5.41, 5.74) is 4.12. The number of alkyl halides is 1. The summed E-state index contributed by atoms with van der Waals surface area (Å²) in [6.45, 7) is 4.51. The molecule has 0 aromatic carbocycles. The number of ether oxygens (including phenoxy) is 1. The largest absolute Gasteiger partial charge is 0.487 e. The van der Waals surface area contributed by atoms with E-state index in [1.807, 2.05) is 38.4 Å². The molecule has 0 saturated heterocycles. The first-order valence-electron chi connectivity index (χ1n) is 5.75. The maximum atomic E-state index is 5.79. The second-order valence-electron chi connectivity index (χ2n) is 4.19. The Morgan fingerprint density at radius 3 is 2.78 bits per heavy atom. The predicted molar refractivity (Wildman–Crippen MR) is 74.9 cm³/mol. The minimum atomic E-state index is 0.513. The lowest BCUT2D eigenvalue weighted by molar-refractivity contribution is 0.301. The Kier molecular flexibility index (Phi) is 4.31. The zero-order chi connectivity index (χ0) is 13.0. The van der Waals surface area contributed by atoms with Crippen LogP contribution in [0.4, 0.5) is 0 Å². The molecule has 0 aliphatic carbocycles. The molecule has 0 N–H and O–H groups in total. The average Bonchev–Trinajstić information content (AvgIpc) is 2.37. The molecule has 0 aliphatic heterocycles. The Morgan fingerprint density at radius 2 is 2.06 bits per heavy atom. The summed E-state index contributed by atoms with van der Waals surface area (Å²) in [5, 5.41) is 0.691. The van der Waals surface area contributed by atoms with Crippen LogP contribution < -0.4 is 4.74 Å². The van der Waals surface area contributed by atoms with Crippen molar-refractivity contribution in [1.29, 1.82) is 0 Å². The summed E-state index contributed by atoms with van der Waals surface area (Å²) >= 11 is 3.43. The van der Waals surface area contributed by atoms with Crippen LogP contribution in [0.2, 0.25) is 0 Å². The normalized spacial score (nSPS) is 10.4. The van der Waals surface area contributed by atoms with Gasteiger partial charge in [-0.15, -0.1) is 0 Å². The third kappa shape index (κ3) is 3.29. The molecule has 18 heavy (non-hydrogen) atoms. The van der Waals surface area contributed by atoms with Crippen LogP contribution in [0, 0.1) is 13.8 Å². The Labute approximate surface area is 115 Å². The molecule has 0 aliphatic rings. The summed E-state index contributed by atoms with van der Waals surface area (Å²) in [7, 11) is 0. The standard InChI is InChI=1S/C14H15BrN2O/c1-10-5-12(8-16-7-10)9-18-14-4-3-11(2)17-13(14)6-15/h3-5,7-8H,6,9H2,1-2H3. The number of rotatable bonds is 4. The van der Waals surface area contributed by atoms with E-state index in [-0.39, 0.29) is 0 Å². The SMILES string of the molecule is Cc1cncc(COc2ccc(C)nc2CBr)c1. The second-order valence-corrected chi connectivity index (χ2v) is 4.75. The lowest BCUT2D eigenvalue weighted by Crippen LogP contribution is -2.01. The Morgan fingerprint density at radius 1 is 1.22 bits per heavy atom. The predicted octanol–water partition coefficient (Wildman–Crippen LogP) is 3.57. The highest BCUT2D eigenvalue weighted by Gasteiger charge is 2.05. The molecular formula is C14H15BrN2O. The molecular weight excluding hydrogens is 292 g/mol. The highest BCUT2D eigenvalue weighted by molar-refractivity contribution is 9.08. The van der Waals surface area contributed by atoms with Gasteiger partial charge in [0, 0.05) is 29.0 Å². The van der Waals surface area contributed by atoms with Gasteiger partial charge in [-0.1, -0.05) is 15.9 Å². The van der Waals surface area contributed by atoms with E-state index in [4.69, 9.17) is 4.74 Å². The number of aromatic nitrogens is 2. The van der Waals surface area contributed by atoms with Crippen molar-refractivity contribution < 1.29 is 4.74 Å². The first-order valence-corrected chi connectivity index (χ1v) is 6.87. The highest BCUT2D eigenvalue weighted by Crippen LogP contribution is 2.20. The third-order valence-electron chi connectivity index (χ3n) is 2.52. The van der Waals surface area contributed by atoms with Gasteiger partial charge in [0.25, 0.3) is 0 Å². The highest BCUT2D eigenvalue weighted by atomic mass is 79.9. The Hall–Kier alpha value is -1.42. The van der Waals surface area contributed by atoms with Gasteiger partial charge in [0.2, 0.25) is 0 Å². The van der Waals surface area contributed by atoms with Gasteiger partial charge < -0.3 is 4.74 Å². The van der Waals surface area contributed by atoms with Crippen LogP contribution in [0.3, 0.4) is 0 Å². The average molecular weight is 307 g/mol. The number of halogens is 1. The quantitative estimate of drug-likeness (QED) is 0.810. The van der Waals surface area contributed by atoms with Gasteiger partial charge >= 0.3 is 0 Å². The summed E-state index contributed by atoms with van der Waals surface area (Å²) in [6, 6.07) is 5.99. The van der Waals surface area contributed by atoms with Crippen LogP contribution in [0.25, 0.3) is 0 Å². The van der Waals surface area contributed by atoms with E-state index in [1.54, 1.807) is 0 Å². The molecule has 0 unspecified atom stereocenters. The van der Waals surface area contributed by atoms with Crippen LogP contribution in [0.5, 0.6) is 5.75 Å². The molecule has 2 heterocycles. The van der Waals surface area contributed by atoms with Gasteiger partial charge in [-0.2, -0.15) is 0 Å². The first-order chi connectivity index (χ1) is 8.69. The third-order valence-corrected chi connectivity index (χ3v) is 3.06. The van der Waals surface area contributed by atoms with Crippen LogP contribution in [0.15, 0.2) is 30.6 Å². The van der Waals surface area contributed by atoms with Gasteiger partial charge in [0.05, 0.1) is 5.69 Å². The zero-order valence-electron chi connectivity index (χ0n) is 10.5. The van der Waals surface area contributed by atoms with Crippen LogP contribution in [-0.2, 0) is 11.9 Å². The number of aryl methyl sites for hydroxylation is 2. The van der Waals surface area contributed by atoms with E-state index in [2.05, 4.69) is 32.0 Å². The van der Waals surface area contributed by atoms with Gasteiger partial charge in [-0.25, -0.2) is 0 Å². The molecule has 0 fully saturated rings. The fourth-order valence-electron chi connectivity index (χ4n) is 1.68. The van der Waals surface area contributed by atoms with E-state index in [0.29, 0.717) is 11.9 Å². The van der Waals surface area contributed by atoms with Gasteiger partial charge in [-0.3, -0.25) is 9.97 Å². The number of hydrogen-bond donors (Lipinski definition) is 0. The van der Waals surface area contributed by atoms with E-state index < -0.39 is 0 Å². The second kappa shape index (κ2) is 5.96. The van der Waals surface area contributed by atoms with Crippen LogP contribution >= 0.6 is 15.9 Å². The van der Waals surface area contributed by atoms with Crippen molar-refractivity contribution in [3.05, 3.63) is 53.1 Å². The number of hydrogen-bond acceptors (Lipinski definition) is 3. The topological polar surface area (TPSA) is 35.0 Å². The smallest absolute Gasteiger partial charge is 0.142 e. The van der Waals surface area contributed by atoms with E-state index in [0.717, 1.165) is 28.3 Å². The maximum Gasteiger partial charge on any atom is 0.142 e. The molecule has 4 heteroatoms. The van der Waals surface area contributed by atoms with Crippen molar-refractivity contribution in [3.8, 4) is 5.75 Å². The van der Waals surface area contributed by atoms with Crippen molar-refractivity contribution in [3.63, 3.8) is 0 Å². The van der Waals surface area contributed by atoms with E-state index >= 15 is 0 Å². The molecule has 0 spiro atoms. The van der Waals surface area contributed by atoms with E-state index in [9.17, 15) is 0 Å². The van der Waals surface area contributed by atoms with Crippen molar-refractivity contribution in [2.24, 2.45) is 0 Å². The van der Waals surface area contributed by atoms with E-state index in [1.165, 1.54) is 0 Å². The monoisotopic (exact) mass is 306 g/mol. The van der Waals surface area contributed by atoms with Crippen LogP contribution in [0.1, 0.15) is 22.5 Å². The van der Waals surface area contributed by atoms with Gasteiger partial charge in [-0.05, 0) is 37.6 Å². The maximum absolute atomic E-state index is 5.79. The molecule has 0 radical (unpaired) electrons. The van der Waals surface area contributed by atoms with Gasteiger partial charge in [0.15, 0.2) is 0 Å². The lowest BCUT2D eigenvalue weighted by Gasteiger charge is -2.10. The van der Waals surface area contributed by atoms with Crippen molar-refractivity contribution in [1.82, 2.24) is 9.97 Å². The fraction of sp³-hybridized carbons (Fsp3) is 0.286. The molecule has 0 saturated carbocycles. The molecule has 2 aromatic rings. The fourth-order valence-corrected chi connectivity index (χ4v) is 2.08. The Balaban J connectivity index is 2.10. The summed E-state index contributed by atoms with van der Waals surface area (Å²) < 4.78 is 5.79. The molecule has 2 aromatic heterocycles. The summed E-state index contributed by atoms with van der Waals surface area (Å²) in [6.07, 6.45) is 3.66. The lowest BCUT2D eigenvalue weighted by atomic mass is 10.2. The number of nitrogens with zero attached hydrogens (tertiary/aromatic N) is 2. The first kappa shape index (κ1) is 13.0. The number of pyridine rings is 2. The molecule has 0 atom stereocenters. The summed E-state index contributed by atoms with van der Waals surface area (Å²) in [4.78, 5) is 8.58. The molecule has 3 nitrogen and oxygen atoms in total. The minimum absolute atomic E-state index is 0.513. The molecule has 94 valence electrons. The minimum Gasteiger partial charge on any atom is -0.487 e. The van der Waals surface area contributed by atoms with Crippen molar-refractivity contribution >= 4 is 15.9 Å². The molecule has 0 amide bonds. The van der Waals surface area contributed by atoms with Crippen molar-refractivity contribution in [2.45, 2.75) is 25.8 Å². The molecule has 2 rings (SSSR count).